The van der Waals surface area contributed by atoms with Crippen LogP contribution < -0.4 is 4.74 Å². The van der Waals surface area contributed by atoms with Crippen molar-refractivity contribution in [1.29, 1.82) is 0 Å². The van der Waals surface area contributed by atoms with Gasteiger partial charge < -0.3 is 4.74 Å². The fourth-order valence-electron chi connectivity index (χ4n) is 3.82. The minimum Gasteiger partial charge on any atom is -0.497 e. The fourth-order valence-corrected chi connectivity index (χ4v) is 3.82. The number of hydrogen-bond donors (Lipinski definition) is 0. The van der Waals surface area contributed by atoms with E-state index in [0.29, 0.717) is 6.42 Å². The van der Waals surface area contributed by atoms with Gasteiger partial charge in [0.2, 0.25) is 0 Å². The average Bonchev–Trinajstić information content (AvgIpc) is 2.76. The smallest absolute Gasteiger partial charge is 0.181 e. The van der Waals surface area contributed by atoms with Gasteiger partial charge in [-0.25, -0.2) is 0 Å². The number of hydrogen-bond acceptors (Lipinski definition) is 2. The molecule has 3 aromatic rings. The van der Waals surface area contributed by atoms with Crippen LogP contribution in [0, 0.1) is 17.3 Å². The van der Waals surface area contributed by atoms with E-state index in [4.69, 9.17) is 4.74 Å². The lowest BCUT2D eigenvalue weighted by Crippen LogP contribution is -2.37. The summed E-state index contributed by atoms with van der Waals surface area (Å²) in [6.45, 7) is 0. The van der Waals surface area contributed by atoms with Gasteiger partial charge in [-0.3, -0.25) is 4.79 Å². The first-order valence-electron chi connectivity index (χ1n) is 9.54. The van der Waals surface area contributed by atoms with Gasteiger partial charge in [-0.15, -0.1) is 0 Å². The van der Waals surface area contributed by atoms with Crippen LogP contribution in [-0.2, 0) is 12.8 Å². The topological polar surface area (TPSA) is 26.3 Å². The van der Waals surface area contributed by atoms with E-state index in [-0.39, 0.29) is 5.78 Å². The van der Waals surface area contributed by atoms with E-state index in [0.717, 1.165) is 40.8 Å². The first kappa shape index (κ1) is 18.1. The summed E-state index contributed by atoms with van der Waals surface area (Å²) >= 11 is 0. The molecule has 28 heavy (non-hydrogen) atoms. The van der Waals surface area contributed by atoms with Gasteiger partial charge in [0.1, 0.15) is 5.75 Å². The molecule has 1 atom stereocenters. The van der Waals surface area contributed by atoms with Gasteiger partial charge in [-0.1, -0.05) is 66.4 Å². The van der Waals surface area contributed by atoms with E-state index in [9.17, 15) is 4.79 Å². The number of benzene rings is 3. The predicted octanol–water partition coefficient (Wildman–Crippen LogP) is 5.10. The van der Waals surface area contributed by atoms with Crippen LogP contribution in [0.4, 0.5) is 0 Å². The molecule has 4 rings (SSSR count). The molecule has 138 valence electrons. The van der Waals surface area contributed by atoms with Crippen LogP contribution in [0.25, 0.3) is 0 Å². The molecule has 0 aliphatic heterocycles. The monoisotopic (exact) mass is 366 g/mol. The number of Topliss-reactive ketones (excluding diaryl/α,β-unsaturated/α-hetero) is 1. The van der Waals surface area contributed by atoms with Gasteiger partial charge in [0, 0.05) is 11.1 Å². The molecule has 3 aromatic carbocycles. The molecular formula is C26H22O2. The average molecular weight is 366 g/mol. The quantitative estimate of drug-likeness (QED) is 0.603. The number of carbonyl (C=O) groups excluding carboxylic acids is 1. The molecule has 1 unspecified atom stereocenters. The molecule has 0 spiro atoms. The van der Waals surface area contributed by atoms with Crippen molar-refractivity contribution in [2.24, 2.45) is 5.41 Å². The Bertz CT molecular complexity index is 1040. The molecule has 2 nitrogen and oxygen atoms in total. The van der Waals surface area contributed by atoms with E-state index in [1.807, 2.05) is 72.8 Å². The largest absolute Gasteiger partial charge is 0.497 e. The van der Waals surface area contributed by atoms with Crippen LogP contribution in [-0.4, -0.2) is 12.9 Å². The van der Waals surface area contributed by atoms with Gasteiger partial charge in [0.05, 0.1) is 12.5 Å². The normalized spacial score (nSPS) is 18.0. The molecule has 0 N–H and O–H groups in total. The van der Waals surface area contributed by atoms with Crippen LogP contribution in [0.3, 0.4) is 0 Å². The van der Waals surface area contributed by atoms with Crippen molar-refractivity contribution in [2.45, 2.75) is 19.3 Å². The van der Waals surface area contributed by atoms with Crippen molar-refractivity contribution in [3.63, 3.8) is 0 Å². The second kappa shape index (κ2) is 7.74. The molecule has 1 aliphatic carbocycles. The maximum Gasteiger partial charge on any atom is 0.181 e. The van der Waals surface area contributed by atoms with Crippen molar-refractivity contribution < 1.29 is 9.53 Å². The highest BCUT2D eigenvalue weighted by Gasteiger charge is 2.41. The molecule has 0 aromatic heterocycles. The molecule has 0 amide bonds. The first-order valence-corrected chi connectivity index (χ1v) is 9.54. The van der Waals surface area contributed by atoms with E-state index in [2.05, 4.69) is 17.9 Å². The standard InChI is InChI=1S/C26H22O2/c1-28-23-13-11-21(12-14-23)19-26(17-15-20-7-3-2-4-8-20)18-16-22-9-5-6-10-24(22)25(26)27/h2-14H,16,18-19H2,1H3. The number of ether oxygens (including phenoxy) is 1. The Morgan fingerprint density at radius 2 is 1.64 bits per heavy atom. The minimum atomic E-state index is -0.710. The molecule has 0 saturated heterocycles. The number of aryl methyl sites for hydroxylation is 1. The summed E-state index contributed by atoms with van der Waals surface area (Å²) in [6, 6.07) is 25.7. The molecule has 1 aliphatic rings. The van der Waals surface area contributed by atoms with E-state index in [1.165, 1.54) is 0 Å². The second-order valence-electron chi connectivity index (χ2n) is 7.21. The van der Waals surface area contributed by atoms with Crippen molar-refractivity contribution in [1.82, 2.24) is 0 Å². The number of carbonyl (C=O) groups is 1. The van der Waals surface area contributed by atoms with Crippen LogP contribution in [0.15, 0.2) is 78.9 Å². The molecule has 0 heterocycles. The molecule has 0 radical (unpaired) electrons. The number of ketones is 1. The summed E-state index contributed by atoms with van der Waals surface area (Å²) in [7, 11) is 1.66. The lowest BCUT2D eigenvalue weighted by atomic mass is 9.67. The Labute approximate surface area is 166 Å². The SMILES string of the molecule is COc1ccc(CC2(C#Cc3ccccc3)CCc3ccccc3C2=O)cc1. The summed E-state index contributed by atoms with van der Waals surface area (Å²) < 4.78 is 5.26. The van der Waals surface area contributed by atoms with Gasteiger partial charge in [-0.2, -0.15) is 0 Å². The summed E-state index contributed by atoms with van der Waals surface area (Å²) in [6.07, 6.45) is 2.19. The second-order valence-corrected chi connectivity index (χ2v) is 7.21. The van der Waals surface area contributed by atoms with E-state index in [1.54, 1.807) is 7.11 Å². The zero-order chi connectivity index (χ0) is 19.4. The predicted molar refractivity (Wildman–Crippen MR) is 112 cm³/mol. The third kappa shape index (κ3) is 3.57. The highest BCUT2D eigenvalue weighted by molar-refractivity contribution is 6.05. The maximum absolute atomic E-state index is 13.6. The maximum atomic E-state index is 13.6. The third-order valence-corrected chi connectivity index (χ3v) is 5.40. The van der Waals surface area contributed by atoms with Gasteiger partial charge >= 0.3 is 0 Å². The minimum absolute atomic E-state index is 0.133. The Kier molecular flexibility index (Phi) is 5.00. The Morgan fingerprint density at radius 3 is 2.39 bits per heavy atom. The highest BCUT2D eigenvalue weighted by Crippen LogP contribution is 2.38. The van der Waals surface area contributed by atoms with Crippen LogP contribution >= 0.6 is 0 Å². The summed E-state index contributed by atoms with van der Waals surface area (Å²) in [5, 5.41) is 0. The molecule has 0 bridgehead atoms. The molecule has 0 saturated carbocycles. The van der Waals surface area contributed by atoms with Crippen molar-refractivity contribution >= 4 is 5.78 Å². The Hall–Kier alpha value is -3.31. The van der Waals surface area contributed by atoms with Crippen LogP contribution in [0.2, 0.25) is 0 Å². The zero-order valence-corrected chi connectivity index (χ0v) is 15.9. The summed E-state index contributed by atoms with van der Waals surface area (Å²) in [4.78, 5) is 13.6. The van der Waals surface area contributed by atoms with E-state index >= 15 is 0 Å². The van der Waals surface area contributed by atoms with Crippen LogP contribution in [0.1, 0.15) is 33.5 Å². The van der Waals surface area contributed by atoms with Gasteiger partial charge in [0.15, 0.2) is 5.78 Å². The lowest BCUT2D eigenvalue weighted by molar-refractivity contribution is 0.0836. The van der Waals surface area contributed by atoms with Gasteiger partial charge in [-0.05, 0) is 54.7 Å². The number of rotatable bonds is 3. The highest BCUT2D eigenvalue weighted by atomic mass is 16.5. The van der Waals surface area contributed by atoms with E-state index < -0.39 is 5.41 Å². The van der Waals surface area contributed by atoms with Crippen LogP contribution in [0.5, 0.6) is 5.75 Å². The first-order chi connectivity index (χ1) is 13.7. The summed E-state index contributed by atoms with van der Waals surface area (Å²) in [5.74, 6) is 7.60. The van der Waals surface area contributed by atoms with Gasteiger partial charge in [0.25, 0.3) is 0 Å². The number of methoxy groups -OCH3 is 1. The number of fused-ring (bicyclic) bond motifs is 1. The molecule has 2 heteroatoms. The molecular weight excluding hydrogens is 344 g/mol. The zero-order valence-electron chi connectivity index (χ0n) is 15.9. The Balaban J connectivity index is 1.75. The summed E-state index contributed by atoms with van der Waals surface area (Å²) in [5.41, 5.74) is 3.25. The fraction of sp³-hybridized carbons (Fsp3) is 0.192. The third-order valence-electron chi connectivity index (χ3n) is 5.40. The van der Waals surface area contributed by atoms with Crippen molar-refractivity contribution in [2.75, 3.05) is 7.11 Å². The Morgan fingerprint density at radius 1 is 0.929 bits per heavy atom. The lowest BCUT2D eigenvalue weighted by Gasteiger charge is -2.32. The van der Waals surface area contributed by atoms with Crippen molar-refractivity contribution in [3.05, 3.63) is 101 Å². The van der Waals surface area contributed by atoms with Crippen molar-refractivity contribution in [3.8, 4) is 17.6 Å². The molecule has 0 fully saturated rings.